The van der Waals surface area contributed by atoms with E-state index in [0.717, 1.165) is 11.6 Å². The van der Waals surface area contributed by atoms with E-state index in [9.17, 15) is 0 Å². The van der Waals surface area contributed by atoms with Crippen LogP contribution in [-0.2, 0) is 0 Å². The first kappa shape index (κ1) is 10.7. The Labute approximate surface area is 84.3 Å². The van der Waals surface area contributed by atoms with E-state index in [1.165, 1.54) is 0 Å². The van der Waals surface area contributed by atoms with E-state index in [4.69, 9.17) is 5.84 Å². The molecule has 1 aromatic rings. The summed E-state index contributed by atoms with van der Waals surface area (Å²) >= 11 is 0. The van der Waals surface area contributed by atoms with Crippen molar-refractivity contribution in [2.45, 2.75) is 19.8 Å². The molecule has 5 nitrogen and oxygen atoms in total. The first-order valence-corrected chi connectivity index (χ1v) is 4.57. The average molecular weight is 195 g/mol. The number of nitrogens with one attached hydrogen (secondary N) is 1. The molecule has 0 spiro atoms. The predicted molar refractivity (Wildman–Crippen MR) is 58.3 cm³/mol. The van der Waals surface area contributed by atoms with Crippen molar-refractivity contribution in [3.8, 4) is 0 Å². The number of hydrazine groups is 1. The average Bonchev–Trinajstić information content (AvgIpc) is 2.16. The zero-order chi connectivity index (χ0) is 10.7. The van der Waals surface area contributed by atoms with Crippen molar-refractivity contribution in [2.75, 3.05) is 24.4 Å². The number of rotatable bonds is 3. The molecule has 0 saturated heterocycles. The molecule has 3 N–H and O–H groups in total. The highest BCUT2D eigenvalue weighted by atomic mass is 15.3. The fourth-order valence-corrected chi connectivity index (χ4v) is 1.01. The summed E-state index contributed by atoms with van der Waals surface area (Å²) in [6.45, 7) is 4.10. The lowest BCUT2D eigenvalue weighted by molar-refractivity contribution is 0.771. The van der Waals surface area contributed by atoms with Gasteiger partial charge in [0.05, 0.1) is 0 Å². The minimum atomic E-state index is 0.294. The Balaban J connectivity index is 3.13. The SMILES string of the molecule is CC(C)c1nc(NN)cc(N(C)C)n1. The molecule has 1 aromatic heterocycles. The van der Waals surface area contributed by atoms with Crippen LogP contribution in [0.5, 0.6) is 0 Å². The second-order valence-electron chi connectivity index (χ2n) is 3.66. The summed E-state index contributed by atoms with van der Waals surface area (Å²) in [7, 11) is 3.87. The maximum atomic E-state index is 5.33. The van der Waals surface area contributed by atoms with Crippen LogP contribution in [0.1, 0.15) is 25.6 Å². The monoisotopic (exact) mass is 195 g/mol. The molecular weight excluding hydrogens is 178 g/mol. The summed E-state index contributed by atoms with van der Waals surface area (Å²) in [5.74, 6) is 7.92. The van der Waals surface area contributed by atoms with E-state index in [2.05, 4.69) is 29.2 Å². The molecule has 0 atom stereocenters. The Bertz CT molecular complexity index is 282. The van der Waals surface area contributed by atoms with Crippen LogP contribution in [0.15, 0.2) is 6.07 Å². The van der Waals surface area contributed by atoms with Gasteiger partial charge in [0.1, 0.15) is 17.5 Å². The lowest BCUT2D eigenvalue weighted by Crippen LogP contribution is -2.16. The third kappa shape index (κ3) is 2.32. The van der Waals surface area contributed by atoms with Crippen LogP contribution in [-0.4, -0.2) is 24.1 Å². The number of nitrogens with two attached hydrogens (primary N) is 1. The molecule has 1 heterocycles. The van der Waals surface area contributed by atoms with Gasteiger partial charge in [0.25, 0.3) is 0 Å². The van der Waals surface area contributed by atoms with Gasteiger partial charge < -0.3 is 10.3 Å². The van der Waals surface area contributed by atoms with Crippen LogP contribution < -0.4 is 16.2 Å². The van der Waals surface area contributed by atoms with Gasteiger partial charge in [-0.05, 0) is 0 Å². The number of hydrogen-bond donors (Lipinski definition) is 2. The molecule has 1 rings (SSSR count). The van der Waals surface area contributed by atoms with Gasteiger partial charge in [-0.25, -0.2) is 15.8 Å². The van der Waals surface area contributed by atoms with E-state index in [1.54, 1.807) is 0 Å². The van der Waals surface area contributed by atoms with Crippen molar-refractivity contribution in [1.29, 1.82) is 0 Å². The minimum absolute atomic E-state index is 0.294. The molecule has 0 unspecified atom stereocenters. The molecule has 0 aromatic carbocycles. The van der Waals surface area contributed by atoms with Crippen molar-refractivity contribution in [3.63, 3.8) is 0 Å². The second-order valence-corrected chi connectivity index (χ2v) is 3.66. The number of aromatic nitrogens is 2. The van der Waals surface area contributed by atoms with E-state index in [-0.39, 0.29) is 0 Å². The quantitative estimate of drug-likeness (QED) is 0.555. The van der Waals surface area contributed by atoms with E-state index in [0.29, 0.717) is 11.7 Å². The van der Waals surface area contributed by atoms with E-state index >= 15 is 0 Å². The number of anilines is 2. The zero-order valence-electron chi connectivity index (χ0n) is 9.07. The molecule has 0 fully saturated rings. The molecule has 14 heavy (non-hydrogen) atoms. The van der Waals surface area contributed by atoms with Gasteiger partial charge in [-0.3, -0.25) is 0 Å². The van der Waals surface area contributed by atoms with Crippen LogP contribution in [0.3, 0.4) is 0 Å². The van der Waals surface area contributed by atoms with Gasteiger partial charge in [0.15, 0.2) is 0 Å². The highest BCUT2D eigenvalue weighted by Gasteiger charge is 2.08. The molecule has 78 valence electrons. The zero-order valence-corrected chi connectivity index (χ0v) is 9.07. The van der Waals surface area contributed by atoms with Crippen molar-refractivity contribution in [1.82, 2.24) is 9.97 Å². The molecule has 0 bridgehead atoms. The van der Waals surface area contributed by atoms with Crippen molar-refractivity contribution >= 4 is 11.6 Å². The van der Waals surface area contributed by atoms with E-state index in [1.807, 2.05) is 25.1 Å². The summed E-state index contributed by atoms with van der Waals surface area (Å²) in [5.41, 5.74) is 2.54. The maximum absolute atomic E-state index is 5.33. The molecule has 0 radical (unpaired) electrons. The molecule has 0 aliphatic rings. The summed E-state index contributed by atoms with van der Waals surface area (Å²) in [6.07, 6.45) is 0. The van der Waals surface area contributed by atoms with Crippen LogP contribution >= 0.6 is 0 Å². The topological polar surface area (TPSA) is 67.1 Å². The van der Waals surface area contributed by atoms with Crippen LogP contribution in [0.2, 0.25) is 0 Å². The fraction of sp³-hybridized carbons (Fsp3) is 0.556. The fourth-order valence-electron chi connectivity index (χ4n) is 1.01. The van der Waals surface area contributed by atoms with Gasteiger partial charge in [0, 0.05) is 26.1 Å². The number of hydrogen-bond acceptors (Lipinski definition) is 5. The smallest absolute Gasteiger partial charge is 0.145 e. The Morgan fingerprint density at radius 2 is 2.00 bits per heavy atom. The molecule has 0 aliphatic heterocycles. The lowest BCUT2D eigenvalue weighted by Gasteiger charge is -2.14. The lowest BCUT2D eigenvalue weighted by atomic mass is 10.2. The normalized spacial score (nSPS) is 10.4. The molecule has 0 amide bonds. The standard InChI is InChI=1S/C9H17N5/c1-6(2)9-11-7(13-10)5-8(12-9)14(3)4/h5-6H,10H2,1-4H3,(H,11,12,13). The number of nitrogen functional groups attached to an aromatic ring is 1. The van der Waals surface area contributed by atoms with Crippen LogP contribution in [0.25, 0.3) is 0 Å². The van der Waals surface area contributed by atoms with Crippen molar-refractivity contribution < 1.29 is 0 Å². The minimum Gasteiger partial charge on any atom is -0.363 e. The Morgan fingerprint density at radius 3 is 2.43 bits per heavy atom. The van der Waals surface area contributed by atoms with Crippen LogP contribution in [0.4, 0.5) is 11.6 Å². The summed E-state index contributed by atoms with van der Waals surface area (Å²) in [5, 5.41) is 0. The van der Waals surface area contributed by atoms with Crippen LogP contribution in [0, 0.1) is 0 Å². The number of nitrogens with zero attached hydrogens (tertiary/aromatic N) is 3. The van der Waals surface area contributed by atoms with Gasteiger partial charge in [-0.2, -0.15) is 0 Å². The summed E-state index contributed by atoms with van der Waals surface area (Å²) < 4.78 is 0. The van der Waals surface area contributed by atoms with Gasteiger partial charge in [-0.1, -0.05) is 13.8 Å². The van der Waals surface area contributed by atoms with E-state index < -0.39 is 0 Å². The molecule has 0 aliphatic carbocycles. The Morgan fingerprint density at radius 1 is 1.36 bits per heavy atom. The highest BCUT2D eigenvalue weighted by molar-refractivity contribution is 5.48. The Kier molecular flexibility index (Phi) is 3.24. The summed E-state index contributed by atoms with van der Waals surface area (Å²) in [4.78, 5) is 10.6. The predicted octanol–water partition coefficient (Wildman–Crippen LogP) is 0.952. The first-order valence-electron chi connectivity index (χ1n) is 4.57. The largest absolute Gasteiger partial charge is 0.363 e. The third-order valence-corrected chi connectivity index (χ3v) is 1.85. The van der Waals surface area contributed by atoms with Crippen molar-refractivity contribution in [2.24, 2.45) is 5.84 Å². The first-order chi connectivity index (χ1) is 6.54. The molecule has 5 heteroatoms. The molecule has 0 saturated carbocycles. The summed E-state index contributed by atoms with van der Waals surface area (Å²) in [6, 6.07) is 1.81. The van der Waals surface area contributed by atoms with Gasteiger partial charge >= 0.3 is 0 Å². The Hall–Kier alpha value is -1.36. The third-order valence-electron chi connectivity index (χ3n) is 1.85. The maximum Gasteiger partial charge on any atom is 0.145 e. The second kappa shape index (κ2) is 4.23. The van der Waals surface area contributed by atoms with Gasteiger partial charge in [0.2, 0.25) is 0 Å². The van der Waals surface area contributed by atoms with Gasteiger partial charge in [-0.15, -0.1) is 0 Å². The van der Waals surface area contributed by atoms with Crippen molar-refractivity contribution in [3.05, 3.63) is 11.9 Å². The highest BCUT2D eigenvalue weighted by Crippen LogP contribution is 2.17. The molecular formula is C9H17N5.